The number of rotatable bonds is 6. The zero-order chi connectivity index (χ0) is 20.3. The second kappa shape index (κ2) is 8.26. The van der Waals surface area contributed by atoms with E-state index in [-0.39, 0.29) is 0 Å². The lowest BCUT2D eigenvalue weighted by Crippen LogP contribution is -2.13. The van der Waals surface area contributed by atoms with E-state index in [2.05, 4.69) is 135 Å². The summed E-state index contributed by atoms with van der Waals surface area (Å²) in [5.74, 6) is 0. The molecule has 3 aromatic rings. The lowest BCUT2D eigenvalue weighted by molar-refractivity contribution is 1.12. The van der Waals surface area contributed by atoms with Crippen LogP contribution in [0.4, 0.5) is 34.1 Å². The van der Waals surface area contributed by atoms with Crippen LogP contribution in [0, 0.1) is 0 Å². The van der Waals surface area contributed by atoms with Crippen LogP contribution in [-0.2, 0) is 0 Å². The summed E-state index contributed by atoms with van der Waals surface area (Å²) in [5, 5.41) is 0. The van der Waals surface area contributed by atoms with Crippen molar-refractivity contribution < 1.29 is 0 Å². The van der Waals surface area contributed by atoms with Crippen molar-refractivity contribution in [2.45, 2.75) is 0 Å². The Kier molecular flexibility index (Phi) is 5.78. The van der Waals surface area contributed by atoms with Crippen LogP contribution in [0.3, 0.4) is 0 Å². The zero-order valence-corrected chi connectivity index (χ0v) is 17.7. The van der Waals surface area contributed by atoms with E-state index in [1.165, 1.54) is 17.1 Å². The first-order chi connectivity index (χ1) is 13.4. The van der Waals surface area contributed by atoms with Gasteiger partial charge in [0, 0.05) is 76.4 Å². The van der Waals surface area contributed by atoms with Gasteiger partial charge in [-0.05, 0) is 72.8 Å². The minimum Gasteiger partial charge on any atom is -0.378 e. The molecule has 4 heteroatoms. The Morgan fingerprint density at radius 3 is 0.679 bits per heavy atom. The molecule has 0 fully saturated rings. The Morgan fingerprint density at radius 1 is 0.321 bits per heavy atom. The van der Waals surface area contributed by atoms with Crippen molar-refractivity contribution in [3.8, 4) is 0 Å². The van der Waals surface area contributed by atoms with Crippen molar-refractivity contribution in [1.29, 1.82) is 0 Å². The van der Waals surface area contributed by atoms with Gasteiger partial charge in [0.05, 0.1) is 0 Å². The van der Waals surface area contributed by atoms with Gasteiger partial charge < -0.3 is 19.6 Å². The maximum absolute atomic E-state index is 2.29. The van der Waals surface area contributed by atoms with Gasteiger partial charge in [-0.15, -0.1) is 0 Å². The summed E-state index contributed by atoms with van der Waals surface area (Å²) in [6.07, 6.45) is 0. The average molecular weight is 375 g/mol. The van der Waals surface area contributed by atoms with E-state index in [1.54, 1.807) is 0 Å². The van der Waals surface area contributed by atoms with Crippen LogP contribution in [0.2, 0.25) is 0 Å². The highest BCUT2D eigenvalue weighted by molar-refractivity contribution is 5.78. The Hall–Kier alpha value is -3.14. The normalized spacial score (nSPS) is 10.5. The van der Waals surface area contributed by atoms with Gasteiger partial charge in [0.2, 0.25) is 0 Å². The quantitative estimate of drug-likeness (QED) is 0.576. The fourth-order valence-electron chi connectivity index (χ4n) is 3.15. The SMILES string of the molecule is CN(C)c1ccc(N(c2ccc(N(C)C)cc2)c2ccc(N(C)C)cc2)cc1. The number of hydrogen-bond donors (Lipinski definition) is 0. The number of anilines is 6. The molecule has 0 N–H and O–H groups in total. The van der Waals surface area contributed by atoms with Crippen molar-refractivity contribution in [3.63, 3.8) is 0 Å². The van der Waals surface area contributed by atoms with Crippen LogP contribution >= 0.6 is 0 Å². The molecule has 3 aromatic carbocycles. The Balaban J connectivity index is 2.04. The van der Waals surface area contributed by atoms with E-state index in [0.717, 1.165) is 17.1 Å². The molecule has 0 saturated heterocycles. The van der Waals surface area contributed by atoms with Crippen molar-refractivity contribution in [3.05, 3.63) is 72.8 Å². The van der Waals surface area contributed by atoms with Gasteiger partial charge in [0.25, 0.3) is 0 Å². The minimum atomic E-state index is 1.14. The van der Waals surface area contributed by atoms with Crippen molar-refractivity contribution in [2.75, 3.05) is 61.9 Å². The van der Waals surface area contributed by atoms with Gasteiger partial charge in [-0.25, -0.2) is 0 Å². The fourth-order valence-corrected chi connectivity index (χ4v) is 3.15. The molecule has 0 spiro atoms. The molecular weight excluding hydrogens is 344 g/mol. The zero-order valence-electron chi connectivity index (χ0n) is 17.7. The highest BCUT2D eigenvalue weighted by atomic mass is 15.1. The van der Waals surface area contributed by atoms with Crippen LogP contribution in [0.1, 0.15) is 0 Å². The molecule has 4 nitrogen and oxygen atoms in total. The van der Waals surface area contributed by atoms with E-state index in [0.29, 0.717) is 0 Å². The predicted octanol–water partition coefficient (Wildman–Crippen LogP) is 5.35. The largest absolute Gasteiger partial charge is 0.378 e. The summed E-state index contributed by atoms with van der Waals surface area (Å²) < 4.78 is 0. The number of nitrogens with zero attached hydrogens (tertiary/aromatic N) is 4. The Labute approximate surface area is 169 Å². The minimum absolute atomic E-state index is 1.14. The summed E-state index contributed by atoms with van der Waals surface area (Å²) >= 11 is 0. The molecule has 0 saturated carbocycles. The fraction of sp³-hybridized carbons (Fsp3) is 0.250. The van der Waals surface area contributed by atoms with Crippen LogP contribution in [0.25, 0.3) is 0 Å². The van der Waals surface area contributed by atoms with Crippen LogP contribution in [0.15, 0.2) is 72.8 Å². The van der Waals surface area contributed by atoms with E-state index < -0.39 is 0 Å². The van der Waals surface area contributed by atoms with Gasteiger partial charge in [-0.2, -0.15) is 0 Å². The lowest BCUT2D eigenvalue weighted by atomic mass is 10.1. The van der Waals surface area contributed by atoms with Gasteiger partial charge in [-0.3, -0.25) is 0 Å². The first-order valence-corrected chi connectivity index (χ1v) is 9.49. The topological polar surface area (TPSA) is 13.0 Å². The average Bonchev–Trinajstić information content (AvgIpc) is 2.69. The summed E-state index contributed by atoms with van der Waals surface area (Å²) in [7, 11) is 12.4. The molecule has 0 unspecified atom stereocenters. The van der Waals surface area contributed by atoms with E-state index in [9.17, 15) is 0 Å². The van der Waals surface area contributed by atoms with E-state index >= 15 is 0 Å². The number of hydrogen-bond acceptors (Lipinski definition) is 4. The monoisotopic (exact) mass is 374 g/mol. The van der Waals surface area contributed by atoms with Crippen molar-refractivity contribution in [1.82, 2.24) is 0 Å². The molecule has 0 atom stereocenters. The molecule has 146 valence electrons. The molecule has 3 rings (SSSR count). The summed E-state index contributed by atoms with van der Waals surface area (Å²) in [5.41, 5.74) is 6.99. The van der Waals surface area contributed by atoms with Crippen LogP contribution in [0.5, 0.6) is 0 Å². The lowest BCUT2D eigenvalue weighted by Gasteiger charge is -2.27. The second-order valence-electron chi connectivity index (χ2n) is 7.57. The smallest absolute Gasteiger partial charge is 0.0463 e. The highest BCUT2D eigenvalue weighted by Crippen LogP contribution is 2.36. The van der Waals surface area contributed by atoms with E-state index in [4.69, 9.17) is 0 Å². The molecule has 0 heterocycles. The van der Waals surface area contributed by atoms with Gasteiger partial charge in [-0.1, -0.05) is 0 Å². The van der Waals surface area contributed by atoms with Crippen molar-refractivity contribution >= 4 is 34.1 Å². The van der Waals surface area contributed by atoms with E-state index in [1.807, 2.05) is 0 Å². The molecule has 28 heavy (non-hydrogen) atoms. The Bertz CT molecular complexity index is 757. The molecule has 0 bridgehead atoms. The number of benzene rings is 3. The molecule has 0 aromatic heterocycles. The Morgan fingerprint density at radius 2 is 0.500 bits per heavy atom. The maximum atomic E-state index is 2.29. The third-order valence-electron chi connectivity index (χ3n) is 4.87. The van der Waals surface area contributed by atoms with Crippen molar-refractivity contribution in [2.24, 2.45) is 0 Å². The first-order valence-electron chi connectivity index (χ1n) is 9.49. The van der Waals surface area contributed by atoms with Crippen LogP contribution in [-0.4, -0.2) is 42.3 Å². The molecule has 0 aliphatic heterocycles. The summed E-state index contributed by atoms with van der Waals surface area (Å²) in [4.78, 5) is 8.64. The molecule has 0 radical (unpaired) electrons. The maximum Gasteiger partial charge on any atom is 0.0463 e. The molecule has 0 aliphatic rings. The highest BCUT2D eigenvalue weighted by Gasteiger charge is 2.13. The molecular formula is C24H30N4. The third kappa shape index (κ3) is 4.22. The van der Waals surface area contributed by atoms with Gasteiger partial charge >= 0.3 is 0 Å². The van der Waals surface area contributed by atoms with Gasteiger partial charge in [0.1, 0.15) is 0 Å². The summed E-state index contributed by atoms with van der Waals surface area (Å²) in [6, 6.07) is 26.0. The third-order valence-corrected chi connectivity index (χ3v) is 4.87. The first kappa shape index (κ1) is 19.6. The summed E-state index contributed by atoms with van der Waals surface area (Å²) in [6.45, 7) is 0. The molecule has 0 aliphatic carbocycles. The second-order valence-corrected chi connectivity index (χ2v) is 7.57. The van der Waals surface area contributed by atoms with Gasteiger partial charge in [0.15, 0.2) is 0 Å². The molecule has 0 amide bonds. The predicted molar refractivity (Wildman–Crippen MR) is 124 cm³/mol. The standard InChI is InChI=1S/C24H30N4/c1-25(2)19-7-13-22(14-8-19)28(23-15-9-20(10-16-23)26(3)4)24-17-11-21(12-18-24)27(5)6/h7-18H,1-6H3. The van der Waals surface area contributed by atoms with Crippen LogP contribution < -0.4 is 19.6 Å².